The van der Waals surface area contributed by atoms with Gasteiger partial charge in [-0.2, -0.15) is 0 Å². The number of hydrogen-bond acceptors (Lipinski definition) is 7. The summed E-state index contributed by atoms with van der Waals surface area (Å²) in [6.07, 6.45) is 41.8. The van der Waals surface area contributed by atoms with E-state index in [9.17, 15) is 0 Å². The van der Waals surface area contributed by atoms with Crippen LogP contribution in [-0.4, -0.2) is 80.5 Å². The van der Waals surface area contributed by atoms with E-state index in [0.29, 0.717) is 50.1 Å². The van der Waals surface area contributed by atoms with Gasteiger partial charge in [-0.05, 0) is 198 Å². The van der Waals surface area contributed by atoms with Crippen molar-refractivity contribution >= 4 is 8.80 Å². The minimum Gasteiger partial charge on any atom is -0.375 e. The number of allylic oxidation sites excluding steroid dienone is 8. The van der Waals surface area contributed by atoms with Crippen LogP contribution >= 0.6 is 0 Å². The van der Waals surface area contributed by atoms with Gasteiger partial charge in [0.25, 0.3) is 0 Å². The molecule has 8 saturated carbocycles. The molecule has 0 aromatic rings. The molecule has 2 heterocycles. The van der Waals surface area contributed by atoms with Crippen molar-refractivity contribution in [3.63, 3.8) is 0 Å². The van der Waals surface area contributed by atoms with Crippen LogP contribution in [0.3, 0.4) is 0 Å². The molecular formula is C58H92O7Si. The van der Waals surface area contributed by atoms with Gasteiger partial charge in [0.15, 0.2) is 0 Å². The van der Waals surface area contributed by atoms with Gasteiger partial charge < -0.3 is 32.2 Å². The topological polar surface area (TPSA) is 71.2 Å². The van der Waals surface area contributed by atoms with Crippen molar-refractivity contribution in [3.8, 4) is 0 Å². The van der Waals surface area contributed by atoms with E-state index in [0.717, 1.165) is 128 Å². The molecule has 0 amide bonds. The molecule has 0 radical (unpaired) electrons. The van der Waals surface area contributed by atoms with Crippen LogP contribution in [0.2, 0.25) is 5.54 Å². The van der Waals surface area contributed by atoms with Gasteiger partial charge >= 0.3 is 8.80 Å². The average molecular weight is 929 g/mol. The summed E-state index contributed by atoms with van der Waals surface area (Å²) >= 11 is 0. The molecule has 12 rings (SSSR count). The summed E-state index contributed by atoms with van der Waals surface area (Å²) < 4.78 is 38.9. The van der Waals surface area contributed by atoms with Crippen LogP contribution in [0.25, 0.3) is 0 Å². The maximum absolute atomic E-state index is 6.01. The molecule has 2 saturated heterocycles. The Morgan fingerprint density at radius 2 is 1.12 bits per heavy atom. The van der Waals surface area contributed by atoms with Gasteiger partial charge in [-0.25, -0.2) is 0 Å². The summed E-state index contributed by atoms with van der Waals surface area (Å²) in [4.78, 5) is 0. The molecule has 7 nitrogen and oxygen atoms in total. The first-order valence-electron chi connectivity index (χ1n) is 27.1. The summed E-state index contributed by atoms with van der Waals surface area (Å²) in [5, 5.41) is 0. The number of hydrogen-bond donors (Lipinski definition) is 0. The Kier molecular flexibility index (Phi) is 18.1. The zero-order chi connectivity index (χ0) is 44.9. The predicted octanol–water partition coefficient (Wildman–Crippen LogP) is 12.7. The van der Waals surface area contributed by atoms with Crippen LogP contribution in [0.1, 0.15) is 112 Å². The highest BCUT2D eigenvalue weighted by Gasteiger charge is 2.59. The molecule has 8 heteroatoms. The maximum Gasteiger partial charge on any atom is 0.504 e. The minimum absolute atomic E-state index is 0. The van der Waals surface area contributed by atoms with E-state index in [2.05, 4.69) is 74.8 Å². The van der Waals surface area contributed by atoms with E-state index < -0.39 is 8.80 Å². The molecular weight excluding hydrogens is 837 g/mol. The van der Waals surface area contributed by atoms with Gasteiger partial charge in [0.1, 0.15) is 12.2 Å². The highest BCUT2D eigenvalue weighted by Crippen LogP contribution is 2.66. The van der Waals surface area contributed by atoms with Gasteiger partial charge in [-0.1, -0.05) is 75.1 Å². The molecule has 0 aromatic carbocycles. The first-order chi connectivity index (χ1) is 31.8. The van der Waals surface area contributed by atoms with Gasteiger partial charge in [-0.3, -0.25) is 0 Å². The number of ether oxygens (including phenoxy) is 4. The van der Waals surface area contributed by atoms with Crippen molar-refractivity contribution in [1.82, 2.24) is 0 Å². The Labute approximate surface area is 403 Å². The van der Waals surface area contributed by atoms with Crippen molar-refractivity contribution < 1.29 is 32.2 Å². The monoisotopic (exact) mass is 929 g/mol. The molecule has 8 bridgehead atoms. The lowest BCUT2D eigenvalue weighted by atomic mass is 9.73. The lowest BCUT2D eigenvalue weighted by molar-refractivity contribution is 0.0578. The van der Waals surface area contributed by atoms with E-state index in [1.807, 2.05) is 20.8 Å². The van der Waals surface area contributed by atoms with Crippen LogP contribution in [-0.2, 0) is 32.2 Å². The minimum atomic E-state index is -2.47. The molecule has 10 fully saturated rings. The molecule has 20 unspecified atom stereocenters. The fraction of sp³-hybridized carbons (Fsp3) is 0.793. The lowest BCUT2D eigenvalue weighted by Gasteiger charge is -2.36. The van der Waals surface area contributed by atoms with Crippen molar-refractivity contribution in [1.29, 1.82) is 0 Å². The quantitative estimate of drug-likeness (QED) is 0.0420. The van der Waals surface area contributed by atoms with E-state index in [4.69, 9.17) is 32.2 Å². The first kappa shape index (κ1) is 50.8. The summed E-state index contributed by atoms with van der Waals surface area (Å²) in [7, 11) is -2.47. The molecule has 370 valence electrons. The van der Waals surface area contributed by atoms with Crippen LogP contribution in [0.5, 0.6) is 0 Å². The molecule has 10 aliphatic carbocycles. The highest BCUT2D eigenvalue weighted by atomic mass is 28.4. The summed E-state index contributed by atoms with van der Waals surface area (Å²) in [6.45, 7) is 22.8. The third-order valence-electron chi connectivity index (χ3n) is 18.7. The van der Waals surface area contributed by atoms with Crippen LogP contribution in [0.4, 0.5) is 0 Å². The second-order valence-corrected chi connectivity index (χ2v) is 25.3. The third-order valence-corrected chi connectivity index (χ3v) is 22.3. The Bertz CT molecular complexity index is 1630. The number of fused-ring (bicyclic) bond motifs is 16. The zero-order valence-corrected chi connectivity index (χ0v) is 41.9. The van der Waals surface area contributed by atoms with Gasteiger partial charge in [-0.15, -0.1) is 13.2 Å². The standard InChI is InChI=1S/C26H38O2.C13H24O3Si.C12H16.C6H10O2.CH4/c1-3-19-12-18(11-17(19)2)6-7-21-13-20(5-4-10-27-15-24-16-28-24)25-22-8-9-23(14-22)26(21)25;1-4-14-17(15-5-2,16-6-3)13-10-11-7-8-12(13)9-11;1-2-8-5-7(1)11-9-3-4-10(6-9)12(8)11;1-2-3-7-4-6-5-8-6;/h3-7,17-26H,1,8-16H2,2H3;7-8,11-13H,4-6,9-10H2,1-3H3;1-2,7-12H,3-6H2;2,6H,1,3-5H2;1H4/b5-4+,7-6-;;;;. The first-order valence-corrected chi connectivity index (χ1v) is 28.9. The van der Waals surface area contributed by atoms with Gasteiger partial charge in [0.05, 0.1) is 39.6 Å². The Morgan fingerprint density at radius 1 is 0.576 bits per heavy atom. The fourth-order valence-electron chi connectivity index (χ4n) is 16.1. The molecule has 66 heavy (non-hydrogen) atoms. The normalized spacial score (nSPS) is 43.9. The van der Waals surface area contributed by atoms with Crippen molar-refractivity contribution in [3.05, 3.63) is 73.9 Å². The maximum atomic E-state index is 6.01. The van der Waals surface area contributed by atoms with Gasteiger partial charge in [0.2, 0.25) is 0 Å². The highest BCUT2D eigenvalue weighted by molar-refractivity contribution is 6.62. The van der Waals surface area contributed by atoms with E-state index >= 15 is 0 Å². The molecule has 12 aliphatic rings. The number of rotatable bonds is 19. The fourth-order valence-corrected chi connectivity index (χ4v) is 19.6. The zero-order valence-electron chi connectivity index (χ0n) is 40.9. The average Bonchev–Trinajstić information content (AvgIpc) is 3.94. The van der Waals surface area contributed by atoms with Crippen molar-refractivity contribution in [2.45, 2.75) is 130 Å². The second-order valence-electron chi connectivity index (χ2n) is 22.5. The molecule has 0 spiro atoms. The predicted molar refractivity (Wildman–Crippen MR) is 270 cm³/mol. The third kappa shape index (κ3) is 11.6. The van der Waals surface area contributed by atoms with E-state index in [-0.39, 0.29) is 7.43 Å². The number of epoxide rings is 2. The summed E-state index contributed by atoms with van der Waals surface area (Å²) in [5.41, 5.74) is 0.484. The van der Waals surface area contributed by atoms with Gasteiger partial charge in [0, 0.05) is 25.4 Å². The second kappa shape index (κ2) is 23.5. The Hall–Kier alpha value is -1.62. The Balaban J connectivity index is 0.000000132. The largest absolute Gasteiger partial charge is 0.504 e. The molecule has 20 atom stereocenters. The molecule has 2 aliphatic heterocycles. The van der Waals surface area contributed by atoms with Crippen LogP contribution < -0.4 is 0 Å². The Morgan fingerprint density at radius 3 is 1.61 bits per heavy atom. The van der Waals surface area contributed by atoms with E-state index in [1.165, 1.54) is 57.8 Å². The van der Waals surface area contributed by atoms with E-state index in [1.54, 1.807) is 25.3 Å². The van der Waals surface area contributed by atoms with Crippen LogP contribution in [0, 0.1) is 101 Å². The summed E-state index contributed by atoms with van der Waals surface area (Å²) in [6, 6.07) is 0. The molecule has 0 aromatic heterocycles. The SMILES string of the molecule is C.C1=CC2CC1C1C3CCC(C3)C21.C=CC1CC(/C=C\C2CC(/C=C/COCC3CO3)C3C4CCC(C4)C23)CC1C.C=CCOCC1CO1.CCO[Si](OCC)(OCC)C1CC2C=CC1C2. The van der Waals surface area contributed by atoms with Crippen molar-refractivity contribution in [2.75, 3.05) is 59.5 Å². The smallest absolute Gasteiger partial charge is 0.375 e. The molecule has 0 N–H and O–H groups in total. The summed E-state index contributed by atoms with van der Waals surface area (Å²) in [5.74, 6) is 15.8. The van der Waals surface area contributed by atoms with Crippen molar-refractivity contribution in [2.24, 2.45) is 101 Å². The van der Waals surface area contributed by atoms with Crippen LogP contribution in [0.15, 0.2) is 73.9 Å². The lowest BCUT2D eigenvalue weighted by Crippen LogP contribution is -2.51.